The van der Waals surface area contributed by atoms with Gasteiger partial charge in [0.05, 0.1) is 18.2 Å². The van der Waals surface area contributed by atoms with Crippen molar-refractivity contribution < 1.29 is 14.7 Å². The molecule has 0 saturated heterocycles. The Morgan fingerprint density at radius 1 is 1.14 bits per heavy atom. The molecule has 0 saturated carbocycles. The minimum absolute atomic E-state index is 0.0259. The predicted octanol–water partition coefficient (Wildman–Crippen LogP) is 2.61. The Morgan fingerprint density at radius 2 is 1.89 bits per heavy atom. The number of nitrogens with zero attached hydrogens (tertiary/aromatic N) is 3. The van der Waals surface area contributed by atoms with Gasteiger partial charge in [-0.2, -0.15) is 0 Å². The smallest absolute Gasteiger partial charge is 0.291 e. The van der Waals surface area contributed by atoms with Gasteiger partial charge in [0.15, 0.2) is 5.78 Å². The summed E-state index contributed by atoms with van der Waals surface area (Å²) >= 11 is 12.1. The van der Waals surface area contributed by atoms with E-state index < -0.39 is 5.91 Å². The summed E-state index contributed by atoms with van der Waals surface area (Å²) in [6.07, 6.45) is 0. The van der Waals surface area contributed by atoms with E-state index in [0.29, 0.717) is 27.7 Å². The van der Waals surface area contributed by atoms with Crippen LogP contribution in [0.15, 0.2) is 48.5 Å². The Balaban J connectivity index is 2.08. The standard InChI is InChI=1S/C19H16Cl2N4O3/c20-11-16-23-18(19(28)22-8-9-26)24-25(16)15-7-6-13(21)10-14(15)17(27)12-4-2-1-3-5-12/h1-7,10,26H,8-9,11H2,(H,22,28). The van der Waals surface area contributed by atoms with Crippen LogP contribution in [0.25, 0.3) is 5.69 Å². The number of amides is 1. The van der Waals surface area contributed by atoms with Gasteiger partial charge in [0, 0.05) is 22.7 Å². The zero-order valence-corrected chi connectivity index (χ0v) is 16.1. The van der Waals surface area contributed by atoms with Gasteiger partial charge in [0.25, 0.3) is 5.91 Å². The second-order valence-electron chi connectivity index (χ2n) is 5.73. The van der Waals surface area contributed by atoms with Crippen molar-refractivity contribution in [3.8, 4) is 5.69 Å². The average Bonchev–Trinajstić information content (AvgIpc) is 3.16. The summed E-state index contributed by atoms with van der Waals surface area (Å²) in [5.41, 5.74) is 1.19. The molecule has 0 spiro atoms. The normalized spacial score (nSPS) is 10.7. The van der Waals surface area contributed by atoms with E-state index in [4.69, 9.17) is 28.3 Å². The molecule has 1 heterocycles. The second kappa shape index (κ2) is 8.97. The van der Waals surface area contributed by atoms with E-state index in [1.165, 1.54) is 10.7 Å². The van der Waals surface area contributed by atoms with E-state index >= 15 is 0 Å². The summed E-state index contributed by atoms with van der Waals surface area (Å²) in [7, 11) is 0. The van der Waals surface area contributed by atoms with Crippen molar-refractivity contribution in [1.29, 1.82) is 0 Å². The number of aliphatic hydroxyl groups is 1. The number of halogens is 2. The number of carbonyl (C=O) groups is 2. The third-order valence-electron chi connectivity index (χ3n) is 3.86. The fourth-order valence-corrected chi connectivity index (χ4v) is 2.93. The molecule has 28 heavy (non-hydrogen) atoms. The van der Waals surface area contributed by atoms with E-state index in [1.807, 2.05) is 6.07 Å². The fourth-order valence-electron chi connectivity index (χ4n) is 2.59. The van der Waals surface area contributed by atoms with Crippen molar-refractivity contribution >= 4 is 34.9 Å². The lowest BCUT2D eigenvalue weighted by Crippen LogP contribution is -2.27. The van der Waals surface area contributed by atoms with Crippen molar-refractivity contribution in [2.75, 3.05) is 13.2 Å². The van der Waals surface area contributed by atoms with Crippen LogP contribution in [0.4, 0.5) is 0 Å². The molecule has 2 N–H and O–H groups in total. The van der Waals surface area contributed by atoms with E-state index in [1.54, 1.807) is 36.4 Å². The van der Waals surface area contributed by atoms with Crippen molar-refractivity contribution in [2.24, 2.45) is 0 Å². The predicted molar refractivity (Wildman–Crippen MR) is 105 cm³/mol. The van der Waals surface area contributed by atoms with E-state index in [9.17, 15) is 9.59 Å². The molecule has 3 aromatic rings. The Bertz CT molecular complexity index is 1010. The van der Waals surface area contributed by atoms with Crippen LogP contribution in [0.3, 0.4) is 0 Å². The molecule has 0 unspecified atom stereocenters. The Kier molecular flexibility index (Phi) is 6.41. The first kappa shape index (κ1) is 20.0. The van der Waals surface area contributed by atoms with Crippen LogP contribution in [0, 0.1) is 0 Å². The van der Waals surface area contributed by atoms with Gasteiger partial charge < -0.3 is 10.4 Å². The van der Waals surface area contributed by atoms with Gasteiger partial charge in [-0.25, -0.2) is 9.67 Å². The highest BCUT2D eigenvalue weighted by atomic mass is 35.5. The van der Waals surface area contributed by atoms with Crippen LogP contribution in [0.1, 0.15) is 32.4 Å². The molecule has 0 fully saturated rings. The summed E-state index contributed by atoms with van der Waals surface area (Å²) in [4.78, 5) is 29.3. The summed E-state index contributed by atoms with van der Waals surface area (Å²) in [5, 5.41) is 15.9. The van der Waals surface area contributed by atoms with E-state index in [2.05, 4.69) is 15.4 Å². The number of alkyl halides is 1. The maximum atomic E-state index is 13.0. The summed E-state index contributed by atoms with van der Waals surface area (Å²) in [6.45, 7) is -0.135. The van der Waals surface area contributed by atoms with Gasteiger partial charge in [-0.15, -0.1) is 16.7 Å². The first-order valence-electron chi connectivity index (χ1n) is 8.35. The van der Waals surface area contributed by atoms with Crippen LogP contribution >= 0.6 is 23.2 Å². The van der Waals surface area contributed by atoms with E-state index in [0.717, 1.165) is 0 Å². The number of ketones is 1. The fraction of sp³-hybridized carbons (Fsp3) is 0.158. The number of hydrogen-bond donors (Lipinski definition) is 2. The number of aliphatic hydroxyl groups excluding tert-OH is 1. The van der Waals surface area contributed by atoms with Crippen LogP contribution < -0.4 is 5.32 Å². The van der Waals surface area contributed by atoms with Crippen LogP contribution in [0.5, 0.6) is 0 Å². The highest BCUT2D eigenvalue weighted by Crippen LogP contribution is 2.24. The Hall–Kier alpha value is -2.74. The Labute approximate surface area is 170 Å². The van der Waals surface area contributed by atoms with E-state index in [-0.39, 0.29) is 30.6 Å². The van der Waals surface area contributed by atoms with Crippen LogP contribution in [0.2, 0.25) is 5.02 Å². The maximum absolute atomic E-state index is 13.0. The molecule has 0 atom stereocenters. The van der Waals surface area contributed by atoms with Crippen LogP contribution in [-0.2, 0) is 5.88 Å². The largest absolute Gasteiger partial charge is 0.395 e. The molecule has 144 valence electrons. The van der Waals surface area contributed by atoms with Crippen molar-refractivity contribution in [3.63, 3.8) is 0 Å². The highest BCUT2D eigenvalue weighted by molar-refractivity contribution is 6.31. The molecule has 7 nitrogen and oxygen atoms in total. The summed E-state index contributed by atoms with van der Waals surface area (Å²) in [5.74, 6) is -0.649. The summed E-state index contributed by atoms with van der Waals surface area (Å²) < 4.78 is 1.35. The third-order valence-corrected chi connectivity index (χ3v) is 4.34. The number of hydrogen-bond acceptors (Lipinski definition) is 5. The van der Waals surface area contributed by atoms with Gasteiger partial charge in [0.1, 0.15) is 5.82 Å². The van der Waals surface area contributed by atoms with Gasteiger partial charge >= 0.3 is 0 Å². The molecule has 1 amide bonds. The van der Waals surface area contributed by atoms with Gasteiger partial charge in [0.2, 0.25) is 5.82 Å². The van der Waals surface area contributed by atoms with Gasteiger partial charge in [-0.3, -0.25) is 9.59 Å². The lowest BCUT2D eigenvalue weighted by molar-refractivity contribution is 0.0934. The zero-order chi connectivity index (χ0) is 20.1. The lowest BCUT2D eigenvalue weighted by atomic mass is 10.0. The second-order valence-corrected chi connectivity index (χ2v) is 6.44. The number of rotatable bonds is 7. The lowest BCUT2D eigenvalue weighted by Gasteiger charge is -2.11. The molecule has 1 aromatic heterocycles. The first-order valence-corrected chi connectivity index (χ1v) is 9.27. The average molecular weight is 419 g/mol. The number of nitrogens with one attached hydrogen (secondary N) is 1. The maximum Gasteiger partial charge on any atom is 0.291 e. The number of carbonyl (C=O) groups excluding carboxylic acids is 2. The monoisotopic (exact) mass is 418 g/mol. The van der Waals surface area contributed by atoms with Crippen molar-refractivity contribution in [2.45, 2.75) is 5.88 Å². The SMILES string of the molecule is O=C(NCCO)c1nc(CCl)n(-c2ccc(Cl)cc2C(=O)c2ccccc2)n1. The zero-order valence-electron chi connectivity index (χ0n) is 14.6. The van der Waals surface area contributed by atoms with Gasteiger partial charge in [-0.05, 0) is 18.2 Å². The summed E-state index contributed by atoms with van der Waals surface area (Å²) in [6, 6.07) is 13.5. The topological polar surface area (TPSA) is 97.1 Å². The number of aromatic nitrogens is 3. The molecule has 0 aliphatic heterocycles. The molecule has 3 rings (SSSR count). The molecule has 9 heteroatoms. The molecular formula is C19H16Cl2N4O3. The molecule has 0 radical (unpaired) electrons. The van der Waals surface area contributed by atoms with Crippen molar-refractivity contribution in [1.82, 2.24) is 20.1 Å². The van der Waals surface area contributed by atoms with Gasteiger partial charge in [-0.1, -0.05) is 41.9 Å². The molecule has 0 aliphatic rings. The number of benzene rings is 2. The molecular weight excluding hydrogens is 403 g/mol. The molecule has 0 aliphatic carbocycles. The minimum atomic E-state index is -0.552. The first-order chi connectivity index (χ1) is 13.5. The molecule has 0 bridgehead atoms. The van der Waals surface area contributed by atoms with Crippen LogP contribution in [-0.4, -0.2) is 44.7 Å². The third kappa shape index (κ3) is 4.22. The minimum Gasteiger partial charge on any atom is -0.395 e. The highest BCUT2D eigenvalue weighted by Gasteiger charge is 2.21. The Morgan fingerprint density at radius 3 is 2.57 bits per heavy atom. The molecule has 2 aromatic carbocycles. The van der Waals surface area contributed by atoms with Crippen molar-refractivity contribution in [3.05, 3.63) is 76.3 Å². The quantitative estimate of drug-likeness (QED) is 0.453.